The van der Waals surface area contributed by atoms with E-state index in [1.165, 1.54) is 0 Å². The Morgan fingerprint density at radius 3 is 2.93 bits per heavy atom. The standard InChI is InChI=1S/C11H18N2O2/c1-4-15-11(14)6-5-10-12-7-8-13(10)9(2)3/h7-9H,4-6H2,1-3H3. The molecule has 0 spiro atoms. The highest BCUT2D eigenvalue weighted by atomic mass is 16.5. The first-order valence-corrected chi connectivity index (χ1v) is 5.32. The lowest BCUT2D eigenvalue weighted by atomic mass is 10.3. The molecule has 0 bridgehead atoms. The Kier molecular flexibility index (Phi) is 4.34. The maximum absolute atomic E-state index is 11.2. The summed E-state index contributed by atoms with van der Waals surface area (Å²) in [6, 6.07) is 0.379. The minimum atomic E-state index is -0.157. The van der Waals surface area contributed by atoms with Crippen LogP contribution in [-0.2, 0) is 16.0 Å². The molecule has 1 aromatic rings. The first-order valence-electron chi connectivity index (χ1n) is 5.32. The van der Waals surface area contributed by atoms with E-state index in [1.54, 1.807) is 6.20 Å². The Bertz CT molecular complexity index is 318. The average Bonchev–Trinajstić information content (AvgIpc) is 2.63. The van der Waals surface area contributed by atoms with Crippen LogP contribution in [0.4, 0.5) is 0 Å². The Morgan fingerprint density at radius 2 is 2.33 bits per heavy atom. The Morgan fingerprint density at radius 1 is 1.60 bits per heavy atom. The molecule has 0 unspecified atom stereocenters. The lowest BCUT2D eigenvalue weighted by Crippen LogP contribution is -2.10. The van der Waals surface area contributed by atoms with Crippen molar-refractivity contribution in [2.24, 2.45) is 0 Å². The van der Waals surface area contributed by atoms with Crippen LogP contribution in [0.5, 0.6) is 0 Å². The number of carbonyl (C=O) groups is 1. The molecule has 4 heteroatoms. The number of esters is 1. The Hall–Kier alpha value is -1.32. The van der Waals surface area contributed by atoms with Crippen LogP contribution in [0.3, 0.4) is 0 Å². The van der Waals surface area contributed by atoms with Gasteiger partial charge in [0.25, 0.3) is 0 Å². The normalized spacial score (nSPS) is 10.7. The molecule has 1 rings (SSSR count). The second kappa shape index (κ2) is 5.53. The zero-order chi connectivity index (χ0) is 11.3. The van der Waals surface area contributed by atoms with Crippen molar-refractivity contribution in [2.75, 3.05) is 6.61 Å². The first kappa shape index (κ1) is 11.8. The summed E-state index contributed by atoms with van der Waals surface area (Å²) in [6.45, 7) is 6.44. The van der Waals surface area contributed by atoms with Crippen LogP contribution < -0.4 is 0 Å². The summed E-state index contributed by atoms with van der Waals surface area (Å²) in [5.41, 5.74) is 0. The van der Waals surface area contributed by atoms with Crippen LogP contribution in [0.15, 0.2) is 12.4 Å². The molecule has 1 aromatic heterocycles. The molecule has 0 fully saturated rings. The number of rotatable bonds is 5. The second-order valence-electron chi connectivity index (χ2n) is 3.65. The third kappa shape index (κ3) is 3.38. The van der Waals surface area contributed by atoms with Crippen LogP contribution in [0, 0.1) is 0 Å². The van der Waals surface area contributed by atoms with E-state index in [-0.39, 0.29) is 5.97 Å². The van der Waals surface area contributed by atoms with Crippen molar-refractivity contribution < 1.29 is 9.53 Å². The predicted octanol–water partition coefficient (Wildman–Crippen LogP) is 1.96. The van der Waals surface area contributed by atoms with Gasteiger partial charge in [-0.1, -0.05) is 0 Å². The number of nitrogens with zero attached hydrogens (tertiary/aromatic N) is 2. The quantitative estimate of drug-likeness (QED) is 0.698. The molecular weight excluding hydrogens is 192 g/mol. The maximum atomic E-state index is 11.2. The van der Waals surface area contributed by atoms with E-state index >= 15 is 0 Å². The van der Waals surface area contributed by atoms with Gasteiger partial charge in [-0.25, -0.2) is 4.98 Å². The molecule has 0 N–H and O–H groups in total. The number of hydrogen-bond donors (Lipinski definition) is 0. The highest BCUT2D eigenvalue weighted by Crippen LogP contribution is 2.09. The van der Waals surface area contributed by atoms with Crippen LogP contribution in [0.1, 0.15) is 39.1 Å². The van der Waals surface area contributed by atoms with Gasteiger partial charge in [0.05, 0.1) is 13.0 Å². The van der Waals surface area contributed by atoms with Gasteiger partial charge >= 0.3 is 5.97 Å². The van der Waals surface area contributed by atoms with Crippen molar-refractivity contribution in [3.63, 3.8) is 0 Å². The van der Waals surface area contributed by atoms with Crippen LogP contribution >= 0.6 is 0 Å². The fraction of sp³-hybridized carbons (Fsp3) is 0.636. The van der Waals surface area contributed by atoms with Gasteiger partial charge < -0.3 is 9.30 Å². The molecule has 0 amide bonds. The highest BCUT2D eigenvalue weighted by Gasteiger charge is 2.08. The van der Waals surface area contributed by atoms with E-state index in [9.17, 15) is 4.79 Å². The molecule has 0 saturated heterocycles. The number of imidazole rings is 1. The zero-order valence-corrected chi connectivity index (χ0v) is 9.56. The van der Waals surface area contributed by atoms with Gasteiger partial charge in [0.1, 0.15) is 5.82 Å². The van der Waals surface area contributed by atoms with Gasteiger partial charge in [-0.05, 0) is 20.8 Å². The summed E-state index contributed by atoms with van der Waals surface area (Å²) in [5.74, 6) is 0.786. The fourth-order valence-electron chi connectivity index (χ4n) is 1.45. The van der Waals surface area contributed by atoms with E-state index in [0.29, 0.717) is 25.5 Å². The smallest absolute Gasteiger partial charge is 0.306 e. The van der Waals surface area contributed by atoms with Gasteiger partial charge in [0.2, 0.25) is 0 Å². The number of aryl methyl sites for hydroxylation is 1. The van der Waals surface area contributed by atoms with Gasteiger partial charge in [-0.15, -0.1) is 0 Å². The van der Waals surface area contributed by atoms with E-state index in [0.717, 1.165) is 5.82 Å². The number of hydrogen-bond acceptors (Lipinski definition) is 3. The molecule has 15 heavy (non-hydrogen) atoms. The number of carbonyl (C=O) groups excluding carboxylic acids is 1. The second-order valence-corrected chi connectivity index (χ2v) is 3.65. The van der Waals surface area contributed by atoms with E-state index in [2.05, 4.69) is 23.4 Å². The SMILES string of the molecule is CCOC(=O)CCc1nccn1C(C)C. The highest BCUT2D eigenvalue weighted by molar-refractivity contribution is 5.69. The molecule has 0 aliphatic carbocycles. The molecule has 4 nitrogen and oxygen atoms in total. The minimum Gasteiger partial charge on any atom is -0.466 e. The molecule has 84 valence electrons. The van der Waals surface area contributed by atoms with Gasteiger partial charge in [0.15, 0.2) is 0 Å². The van der Waals surface area contributed by atoms with Crippen molar-refractivity contribution in [1.82, 2.24) is 9.55 Å². The topological polar surface area (TPSA) is 44.1 Å². The lowest BCUT2D eigenvalue weighted by Gasteiger charge is -2.10. The van der Waals surface area contributed by atoms with Crippen LogP contribution in [-0.4, -0.2) is 22.1 Å². The fourth-order valence-corrected chi connectivity index (χ4v) is 1.45. The minimum absolute atomic E-state index is 0.157. The first-order chi connectivity index (χ1) is 7.15. The largest absolute Gasteiger partial charge is 0.466 e. The molecular formula is C11H18N2O2. The third-order valence-electron chi connectivity index (χ3n) is 2.16. The molecule has 0 aliphatic rings. The Labute approximate surface area is 90.3 Å². The summed E-state index contributed by atoms with van der Waals surface area (Å²) < 4.78 is 6.93. The predicted molar refractivity (Wildman–Crippen MR) is 57.6 cm³/mol. The van der Waals surface area contributed by atoms with Gasteiger partial charge in [-0.3, -0.25) is 4.79 Å². The van der Waals surface area contributed by atoms with Crippen molar-refractivity contribution in [1.29, 1.82) is 0 Å². The van der Waals surface area contributed by atoms with Gasteiger partial charge in [0, 0.05) is 24.9 Å². The number of ether oxygens (including phenoxy) is 1. The van der Waals surface area contributed by atoms with Crippen LogP contribution in [0.25, 0.3) is 0 Å². The summed E-state index contributed by atoms with van der Waals surface area (Å²) in [7, 11) is 0. The summed E-state index contributed by atoms with van der Waals surface area (Å²) >= 11 is 0. The third-order valence-corrected chi connectivity index (χ3v) is 2.16. The monoisotopic (exact) mass is 210 g/mol. The van der Waals surface area contributed by atoms with Crippen LogP contribution in [0.2, 0.25) is 0 Å². The molecule has 0 radical (unpaired) electrons. The maximum Gasteiger partial charge on any atom is 0.306 e. The van der Waals surface area contributed by atoms with E-state index in [1.807, 2.05) is 13.1 Å². The van der Waals surface area contributed by atoms with Crippen molar-refractivity contribution in [2.45, 2.75) is 39.7 Å². The van der Waals surface area contributed by atoms with Gasteiger partial charge in [-0.2, -0.15) is 0 Å². The van der Waals surface area contributed by atoms with Crippen molar-refractivity contribution in [3.8, 4) is 0 Å². The number of aromatic nitrogens is 2. The molecule has 0 aromatic carbocycles. The summed E-state index contributed by atoms with van der Waals surface area (Å²) in [6.07, 6.45) is 4.74. The molecule has 1 heterocycles. The van der Waals surface area contributed by atoms with Crippen molar-refractivity contribution >= 4 is 5.97 Å². The lowest BCUT2D eigenvalue weighted by molar-refractivity contribution is -0.143. The zero-order valence-electron chi connectivity index (χ0n) is 9.56. The molecule has 0 saturated carbocycles. The summed E-state index contributed by atoms with van der Waals surface area (Å²) in [5, 5.41) is 0. The van der Waals surface area contributed by atoms with E-state index in [4.69, 9.17) is 4.74 Å². The molecule has 0 atom stereocenters. The Balaban J connectivity index is 2.50. The summed E-state index contributed by atoms with van der Waals surface area (Å²) in [4.78, 5) is 15.4. The van der Waals surface area contributed by atoms with Crippen molar-refractivity contribution in [3.05, 3.63) is 18.2 Å². The molecule has 0 aliphatic heterocycles. The van der Waals surface area contributed by atoms with E-state index < -0.39 is 0 Å². The average molecular weight is 210 g/mol.